The number of carbonyl (C=O) groups excluding carboxylic acids is 1. The standard InChI is InChI=1S/C11H22N2O2/c1-4-15-11(14)10(12-2)9-5-7-13(3)8-6-9/h9-10,12H,4-8H2,1-3H3. The Morgan fingerprint density at radius 1 is 1.53 bits per heavy atom. The number of likely N-dealkylation sites (tertiary alicyclic amines) is 1. The quantitative estimate of drug-likeness (QED) is 0.691. The molecule has 88 valence electrons. The largest absolute Gasteiger partial charge is 0.465 e. The summed E-state index contributed by atoms with van der Waals surface area (Å²) in [6.45, 7) is 4.45. The number of likely N-dealkylation sites (N-methyl/N-ethyl adjacent to an activating group) is 1. The highest BCUT2D eigenvalue weighted by molar-refractivity contribution is 5.76. The van der Waals surface area contributed by atoms with Crippen molar-refractivity contribution in [3.63, 3.8) is 0 Å². The molecule has 0 aromatic carbocycles. The van der Waals surface area contributed by atoms with Crippen LogP contribution in [0.4, 0.5) is 0 Å². The highest BCUT2D eigenvalue weighted by Gasteiger charge is 2.30. The summed E-state index contributed by atoms with van der Waals surface area (Å²) in [7, 11) is 3.95. The number of rotatable bonds is 4. The van der Waals surface area contributed by atoms with Gasteiger partial charge < -0.3 is 15.0 Å². The van der Waals surface area contributed by atoms with Crippen molar-refractivity contribution in [1.82, 2.24) is 10.2 Å². The highest BCUT2D eigenvalue weighted by Crippen LogP contribution is 2.20. The minimum absolute atomic E-state index is 0.102. The molecule has 0 radical (unpaired) electrons. The summed E-state index contributed by atoms with van der Waals surface area (Å²) < 4.78 is 5.06. The van der Waals surface area contributed by atoms with Gasteiger partial charge in [-0.2, -0.15) is 0 Å². The molecule has 1 aliphatic heterocycles. The van der Waals surface area contributed by atoms with Crippen LogP contribution in [0, 0.1) is 5.92 Å². The molecule has 0 bridgehead atoms. The Morgan fingerprint density at radius 3 is 2.60 bits per heavy atom. The number of nitrogens with one attached hydrogen (secondary N) is 1. The Morgan fingerprint density at radius 2 is 2.13 bits per heavy atom. The van der Waals surface area contributed by atoms with Gasteiger partial charge in [0.15, 0.2) is 0 Å². The fourth-order valence-corrected chi connectivity index (χ4v) is 2.14. The SMILES string of the molecule is CCOC(=O)C(NC)C1CCN(C)CC1. The van der Waals surface area contributed by atoms with Gasteiger partial charge in [0.1, 0.15) is 6.04 Å². The number of carbonyl (C=O) groups is 1. The zero-order chi connectivity index (χ0) is 11.3. The number of nitrogens with zero attached hydrogens (tertiary/aromatic N) is 1. The first-order chi connectivity index (χ1) is 7.19. The first-order valence-corrected chi connectivity index (χ1v) is 5.71. The Bertz CT molecular complexity index is 201. The second-order valence-electron chi connectivity index (χ2n) is 4.16. The maximum absolute atomic E-state index is 11.7. The first-order valence-electron chi connectivity index (χ1n) is 5.71. The van der Waals surface area contributed by atoms with Crippen LogP contribution >= 0.6 is 0 Å². The highest BCUT2D eigenvalue weighted by atomic mass is 16.5. The average Bonchev–Trinajstić information content (AvgIpc) is 2.22. The number of ether oxygens (including phenoxy) is 1. The fraction of sp³-hybridized carbons (Fsp3) is 0.909. The molecule has 1 aliphatic rings. The summed E-state index contributed by atoms with van der Waals surface area (Å²) in [5.41, 5.74) is 0. The van der Waals surface area contributed by atoms with Crippen LogP contribution in [0.3, 0.4) is 0 Å². The Hall–Kier alpha value is -0.610. The van der Waals surface area contributed by atoms with Gasteiger partial charge in [0.25, 0.3) is 0 Å². The molecule has 15 heavy (non-hydrogen) atoms. The molecule has 1 N–H and O–H groups in total. The molecule has 1 unspecified atom stereocenters. The number of piperidine rings is 1. The van der Waals surface area contributed by atoms with E-state index < -0.39 is 0 Å². The van der Waals surface area contributed by atoms with Gasteiger partial charge in [-0.15, -0.1) is 0 Å². The maximum Gasteiger partial charge on any atom is 0.323 e. The molecule has 0 aromatic heterocycles. The van der Waals surface area contributed by atoms with Crippen LogP contribution in [0.25, 0.3) is 0 Å². The second kappa shape index (κ2) is 6.08. The lowest BCUT2D eigenvalue weighted by Crippen LogP contribution is -2.46. The van der Waals surface area contributed by atoms with Crippen LogP contribution in [0.2, 0.25) is 0 Å². The lowest BCUT2D eigenvalue weighted by molar-refractivity contribution is -0.147. The average molecular weight is 214 g/mol. The van der Waals surface area contributed by atoms with Gasteiger partial charge in [-0.25, -0.2) is 0 Å². The minimum atomic E-state index is -0.126. The third-order valence-electron chi connectivity index (χ3n) is 3.09. The van der Waals surface area contributed by atoms with Crippen molar-refractivity contribution in [1.29, 1.82) is 0 Å². The second-order valence-corrected chi connectivity index (χ2v) is 4.16. The van der Waals surface area contributed by atoms with E-state index in [0.717, 1.165) is 25.9 Å². The van der Waals surface area contributed by atoms with Crippen LogP contribution in [0.1, 0.15) is 19.8 Å². The molecule has 4 nitrogen and oxygen atoms in total. The molecule has 0 spiro atoms. The first kappa shape index (κ1) is 12.5. The summed E-state index contributed by atoms with van der Waals surface area (Å²) >= 11 is 0. The van der Waals surface area contributed by atoms with Gasteiger partial charge in [-0.1, -0.05) is 0 Å². The van der Waals surface area contributed by atoms with Crippen molar-refractivity contribution >= 4 is 5.97 Å². The van der Waals surface area contributed by atoms with Crippen molar-refractivity contribution in [3.8, 4) is 0 Å². The van der Waals surface area contributed by atoms with Gasteiger partial charge in [0, 0.05) is 0 Å². The molecule has 0 saturated carbocycles. The van der Waals surface area contributed by atoms with Crippen molar-refractivity contribution in [3.05, 3.63) is 0 Å². The molecule has 1 atom stereocenters. The topological polar surface area (TPSA) is 41.6 Å². The lowest BCUT2D eigenvalue weighted by Gasteiger charge is -2.32. The fourth-order valence-electron chi connectivity index (χ4n) is 2.14. The Balaban J connectivity index is 2.47. The predicted molar refractivity (Wildman–Crippen MR) is 59.7 cm³/mol. The Labute approximate surface area is 92.0 Å². The number of esters is 1. The van der Waals surface area contributed by atoms with Crippen molar-refractivity contribution in [2.24, 2.45) is 5.92 Å². The van der Waals surface area contributed by atoms with Crippen LogP contribution in [0.15, 0.2) is 0 Å². The minimum Gasteiger partial charge on any atom is -0.465 e. The Kier molecular flexibility index (Phi) is 5.05. The normalized spacial score (nSPS) is 21.3. The van der Waals surface area contributed by atoms with Crippen molar-refractivity contribution < 1.29 is 9.53 Å². The summed E-state index contributed by atoms with van der Waals surface area (Å²) in [6.07, 6.45) is 2.14. The smallest absolute Gasteiger partial charge is 0.323 e. The van der Waals surface area contributed by atoms with E-state index >= 15 is 0 Å². The van der Waals surface area contributed by atoms with Gasteiger partial charge in [-0.05, 0) is 52.9 Å². The predicted octanol–water partition coefficient (Wildman–Crippen LogP) is 0.479. The molecule has 1 heterocycles. The van der Waals surface area contributed by atoms with Crippen molar-refractivity contribution in [2.75, 3.05) is 33.8 Å². The van der Waals surface area contributed by atoms with E-state index in [-0.39, 0.29) is 12.0 Å². The number of hydrogen-bond donors (Lipinski definition) is 1. The monoisotopic (exact) mass is 214 g/mol. The summed E-state index contributed by atoms with van der Waals surface area (Å²) in [6, 6.07) is -0.126. The molecule has 1 saturated heterocycles. The van der Waals surface area contributed by atoms with Crippen molar-refractivity contribution in [2.45, 2.75) is 25.8 Å². The molecule has 0 aliphatic carbocycles. The number of hydrogen-bond acceptors (Lipinski definition) is 4. The third kappa shape index (κ3) is 3.47. The van der Waals surface area contributed by atoms with Crippen LogP contribution in [-0.4, -0.2) is 50.7 Å². The zero-order valence-electron chi connectivity index (χ0n) is 9.95. The van der Waals surface area contributed by atoms with Gasteiger partial charge >= 0.3 is 5.97 Å². The summed E-state index contributed by atoms with van der Waals surface area (Å²) in [4.78, 5) is 14.0. The van der Waals surface area contributed by atoms with Crippen LogP contribution in [0.5, 0.6) is 0 Å². The van der Waals surface area contributed by atoms with E-state index in [2.05, 4.69) is 17.3 Å². The van der Waals surface area contributed by atoms with E-state index in [1.807, 2.05) is 14.0 Å². The molecular weight excluding hydrogens is 192 g/mol. The molecule has 1 fully saturated rings. The van der Waals surface area contributed by atoms with E-state index in [9.17, 15) is 4.79 Å². The van der Waals surface area contributed by atoms with Gasteiger partial charge in [-0.3, -0.25) is 4.79 Å². The molecule has 1 rings (SSSR count). The zero-order valence-corrected chi connectivity index (χ0v) is 9.95. The molecule has 4 heteroatoms. The van der Waals surface area contributed by atoms with E-state index in [0.29, 0.717) is 12.5 Å². The molecule has 0 amide bonds. The van der Waals surface area contributed by atoms with E-state index in [4.69, 9.17) is 4.74 Å². The molecular formula is C11H22N2O2. The molecule has 0 aromatic rings. The summed E-state index contributed by atoms with van der Waals surface area (Å²) in [5.74, 6) is 0.319. The van der Waals surface area contributed by atoms with E-state index in [1.165, 1.54) is 0 Å². The maximum atomic E-state index is 11.7. The third-order valence-corrected chi connectivity index (χ3v) is 3.09. The van der Waals surface area contributed by atoms with Gasteiger partial charge in [0.05, 0.1) is 6.61 Å². The van der Waals surface area contributed by atoms with Gasteiger partial charge in [0.2, 0.25) is 0 Å². The van der Waals surface area contributed by atoms with Crippen LogP contribution < -0.4 is 5.32 Å². The van der Waals surface area contributed by atoms with Crippen LogP contribution in [-0.2, 0) is 9.53 Å². The van der Waals surface area contributed by atoms with E-state index in [1.54, 1.807) is 0 Å². The lowest BCUT2D eigenvalue weighted by atomic mass is 9.89. The summed E-state index contributed by atoms with van der Waals surface area (Å²) in [5, 5.41) is 3.08.